The van der Waals surface area contributed by atoms with Gasteiger partial charge in [0.15, 0.2) is 0 Å². The van der Waals surface area contributed by atoms with E-state index in [1.54, 1.807) is 6.07 Å². The summed E-state index contributed by atoms with van der Waals surface area (Å²) >= 11 is 0. The number of hydrogen-bond donors (Lipinski definition) is 2. The summed E-state index contributed by atoms with van der Waals surface area (Å²) in [6.45, 7) is 0.731. The average Bonchev–Trinajstić information content (AvgIpc) is 2.77. The number of nitrogen functional groups attached to an aromatic ring is 2. The maximum atomic E-state index is 5.90. The third kappa shape index (κ3) is 1.95. The molecule has 4 nitrogen and oxygen atoms in total. The fraction of sp³-hybridized carbons (Fsp3) is 0.154. The Morgan fingerprint density at radius 2 is 1.89 bits per heavy atom. The maximum Gasteiger partial charge on any atom is 0.133 e. The molecular weight excluding hydrogens is 250 g/mol. The lowest BCUT2D eigenvalue weighted by Crippen LogP contribution is -1.99. The maximum absolute atomic E-state index is 5.90. The first-order valence-electron chi connectivity index (χ1n) is 5.53. The number of ether oxygens (including phenoxy) is 1. The number of pyridine rings is 1. The Hall–Kier alpha value is -1.94. The lowest BCUT2D eigenvalue weighted by Gasteiger charge is -2.10. The number of hydrogen-bond acceptors (Lipinski definition) is 4. The molecule has 0 unspecified atom stereocenters. The Balaban J connectivity index is 0.00000120. The van der Waals surface area contributed by atoms with Crippen molar-refractivity contribution in [1.82, 2.24) is 4.98 Å². The number of nitrogens with zero attached hydrogens (tertiary/aromatic N) is 1. The van der Waals surface area contributed by atoms with E-state index in [-0.39, 0.29) is 12.4 Å². The van der Waals surface area contributed by atoms with Crippen LogP contribution < -0.4 is 16.2 Å². The molecule has 0 aliphatic carbocycles. The van der Waals surface area contributed by atoms with Gasteiger partial charge in [0.25, 0.3) is 0 Å². The molecule has 2 aromatic rings. The monoisotopic (exact) mass is 263 g/mol. The molecule has 1 aromatic heterocycles. The normalized spacial score (nSPS) is 12.4. The molecule has 18 heavy (non-hydrogen) atoms. The zero-order chi connectivity index (χ0) is 11.8. The molecule has 1 aromatic carbocycles. The highest BCUT2D eigenvalue weighted by Crippen LogP contribution is 2.38. The minimum absolute atomic E-state index is 0. The van der Waals surface area contributed by atoms with Crippen molar-refractivity contribution in [2.75, 3.05) is 18.1 Å². The molecule has 0 spiro atoms. The fourth-order valence-electron chi connectivity index (χ4n) is 2.15. The number of para-hydroxylation sites is 1. The molecule has 94 valence electrons. The highest BCUT2D eigenvalue weighted by molar-refractivity contribution is 5.85. The van der Waals surface area contributed by atoms with Gasteiger partial charge >= 0.3 is 0 Å². The molecule has 0 bridgehead atoms. The van der Waals surface area contributed by atoms with E-state index < -0.39 is 0 Å². The number of rotatable bonds is 1. The third-order valence-electron chi connectivity index (χ3n) is 2.95. The van der Waals surface area contributed by atoms with Crippen molar-refractivity contribution in [3.8, 4) is 16.9 Å². The summed E-state index contributed by atoms with van der Waals surface area (Å²) in [5.41, 5.74) is 14.6. The lowest BCUT2D eigenvalue weighted by atomic mass is 10.0. The van der Waals surface area contributed by atoms with E-state index in [0.717, 1.165) is 29.9 Å². The lowest BCUT2D eigenvalue weighted by molar-refractivity contribution is 0.358. The summed E-state index contributed by atoms with van der Waals surface area (Å²) in [7, 11) is 0. The molecule has 0 saturated heterocycles. The van der Waals surface area contributed by atoms with E-state index in [9.17, 15) is 0 Å². The van der Waals surface area contributed by atoms with Gasteiger partial charge in [0, 0.05) is 17.5 Å². The van der Waals surface area contributed by atoms with Gasteiger partial charge in [-0.15, -0.1) is 12.4 Å². The van der Waals surface area contributed by atoms with Gasteiger partial charge in [-0.1, -0.05) is 18.2 Å². The van der Waals surface area contributed by atoms with Crippen LogP contribution in [0.25, 0.3) is 11.1 Å². The zero-order valence-electron chi connectivity index (χ0n) is 9.72. The first-order chi connectivity index (χ1) is 8.25. The Bertz CT molecular complexity index is 586. The summed E-state index contributed by atoms with van der Waals surface area (Å²) in [5, 5.41) is 0. The van der Waals surface area contributed by atoms with Gasteiger partial charge in [-0.05, 0) is 17.7 Å². The van der Waals surface area contributed by atoms with Crippen LogP contribution in [0, 0.1) is 0 Å². The standard InChI is InChI=1S/C13H13N3O.ClH/c14-11-5-4-10(13(15)16-11)9-3-1-2-8-6-7-17-12(8)9;/h1-5H,6-7H2,(H4,14,15,16);1H. The molecule has 3 rings (SSSR count). The second-order valence-electron chi connectivity index (χ2n) is 4.06. The molecule has 0 saturated carbocycles. The van der Waals surface area contributed by atoms with Crippen LogP contribution in [-0.2, 0) is 6.42 Å². The van der Waals surface area contributed by atoms with Crippen molar-refractivity contribution in [1.29, 1.82) is 0 Å². The number of halogens is 1. The Labute approximate surface area is 111 Å². The number of anilines is 2. The summed E-state index contributed by atoms with van der Waals surface area (Å²) < 4.78 is 5.65. The van der Waals surface area contributed by atoms with Crippen molar-refractivity contribution in [2.45, 2.75) is 6.42 Å². The molecule has 0 atom stereocenters. The van der Waals surface area contributed by atoms with Gasteiger partial charge in [-0.2, -0.15) is 0 Å². The summed E-state index contributed by atoms with van der Waals surface area (Å²) in [5.74, 6) is 1.79. The smallest absolute Gasteiger partial charge is 0.133 e. The molecule has 0 radical (unpaired) electrons. The summed E-state index contributed by atoms with van der Waals surface area (Å²) in [6, 6.07) is 9.72. The van der Waals surface area contributed by atoms with E-state index >= 15 is 0 Å². The molecular formula is C13H14ClN3O. The first kappa shape index (κ1) is 12.5. The van der Waals surface area contributed by atoms with Crippen LogP contribution in [0.5, 0.6) is 5.75 Å². The minimum Gasteiger partial charge on any atom is -0.492 e. The van der Waals surface area contributed by atoms with E-state index in [0.29, 0.717) is 11.6 Å². The van der Waals surface area contributed by atoms with Gasteiger partial charge in [0.1, 0.15) is 17.4 Å². The van der Waals surface area contributed by atoms with Crippen LogP contribution >= 0.6 is 12.4 Å². The van der Waals surface area contributed by atoms with E-state index in [4.69, 9.17) is 16.2 Å². The Morgan fingerprint density at radius 1 is 1.06 bits per heavy atom. The van der Waals surface area contributed by atoms with Crippen LogP contribution in [0.2, 0.25) is 0 Å². The van der Waals surface area contributed by atoms with Crippen LogP contribution in [0.1, 0.15) is 5.56 Å². The first-order valence-corrected chi connectivity index (χ1v) is 5.53. The highest BCUT2D eigenvalue weighted by Gasteiger charge is 2.18. The van der Waals surface area contributed by atoms with E-state index in [2.05, 4.69) is 11.1 Å². The van der Waals surface area contributed by atoms with Crippen molar-refractivity contribution < 1.29 is 4.74 Å². The minimum atomic E-state index is 0. The van der Waals surface area contributed by atoms with Crippen LogP contribution in [0.4, 0.5) is 11.6 Å². The zero-order valence-corrected chi connectivity index (χ0v) is 10.5. The fourth-order valence-corrected chi connectivity index (χ4v) is 2.15. The number of aromatic nitrogens is 1. The largest absolute Gasteiger partial charge is 0.492 e. The van der Waals surface area contributed by atoms with E-state index in [1.165, 1.54) is 5.56 Å². The predicted octanol–water partition coefficient (Wildman–Crippen LogP) is 2.27. The number of benzene rings is 1. The summed E-state index contributed by atoms with van der Waals surface area (Å²) in [6.07, 6.45) is 0.950. The van der Waals surface area contributed by atoms with Crippen LogP contribution in [-0.4, -0.2) is 11.6 Å². The third-order valence-corrected chi connectivity index (χ3v) is 2.95. The molecule has 1 aliphatic heterocycles. The molecule has 0 fully saturated rings. The van der Waals surface area contributed by atoms with Gasteiger partial charge < -0.3 is 16.2 Å². The Morgan fingerprint density at radius 3 is 2.67 bits per heavy atom. The predicted molar refractivity (Wildman–Crippen MR) is 74.9 cm³/mol. The van der Waals surface area contributed by atoms with Crippen LogP contribution in [0.15, 0.2) is 30.3 Å². The second-order valence-corrected chi connectivity index (χ2v) is 4.06. The van der Waals surface area contributed by atoms with Crippen molar-refractivity contribution >= 4 is 24.0 Å². The number of nitrogens with two attached hydrogens (primary N) is 2. The van der Waals surface area contributed by atoms with Crippen molar-refractivity contribution in [3.63, 3.8) is 0 Å². The number of fused-ring (bicyclic) bond motifs is 1. The van der Waals surface area contributed by atoms with E-state index in [1.807, 2.05) is 18.2 Å². The van der Waals surface area contributed by atoms with Gasteiger partial charge in [0.2, 0.25) is 0 Å². The molecule has 4 N–H and O–H groups in total. The molecule has 5 heteroatoms. The van der Waals surface area contributed by atoms with Gasteiger partial charge in [0.05, 0.1) is 6.61 Å². The molecule has 0 amide bonds. The molecule has 2 heterocycles. The topological polar surface area (TPSA) is 74.2 Å². The van der Waals surface area contributed by atoms with Crippen LogP contribution in [0.3, 0.4) is 0 Å². The second kappa shape index (κ2) is 4.74. The highest BCUT2D eigenvalue weighted by atomic mass is 35.5. The Kier molecular flexibility index (Phi) is 3.30. The average molecular weight is 264 g/mol. The summed E-state index contributed by atoms with van der Waals surface area (Å²) in [4.78, 5) is 4.08. The SMILES string of the molecule is Cl.Nc1ccc(-c2cccc3c2OCC3)c(N)n1. The van der Waals surface area contributed by atoms with Gasteiger partial charge in [-0.25, -0.2) is 4.98 Å². The van der Waals surface area contributed by atoms with Crippen molar-refractivity contribution in [3.05, 3.63) is 35.9 Å². The molecule has 1 aliphatic rings. The van der Waals surface area contributed by atoms with Crippen molar-refractivity contribution in [2.24, 2.45) is 0 Å². The quantitative estimate of drug-likeness (QED) is 0.828. The van der Waals surface area contributed by atoms with Gasteiger partial charge in [-0.3, -0.25) is 0 Å².